The fourth-order valence-electron chi connectivity index (χ4n) is 2.51. The smallest absolute Gasteiger partial charge is 0.167 e. The van der Waals surface area contributed by atoms with Gasteiger partial charge in [0.25, 0.3) is 0 Å². The van der Waals surface area contributed by atoms with Crippen molar-refractivity contribution >= 4 is 0 Å². The molecule has 0 aliphatic carbocycles. The lowest BCUT2D eigenvalue weighted by Gasteiger charge is -2.23. The van der Waals surface area contributed by atoms with Crippen molar-refractivity contribution in [1.29, 1.82) is 0 Å². The van der Waals surface area contributed by atoms with Gasteiger partial charge < -0.3 is 10.1 Å². The summed E-state index contributed by atoms with van der Waals surface area (Å²) in [6, 6.07) is 3.77. The van der Waals surface area contributed by atoms with Gasteiger partial charge in [-0.3, -0.25) is 0 Å². The van der Waals surface area contributed by atoms with E-state index in [-0.39, 0.29) is 5.82 Å². The highest BCUT2D eigenvalue weighted by molar-refractivity contribution is 5.36. The van der Waals surface area contributed by atoms with Crippen LogP contribution in [0.15, 0.2) is 12.1 Å². The second-order valence-electron chi connectivity index (χ2n) is 4.85. The van der Waals surface area contributed by atoms with Crippen LogP contribution in [0.1, 0.15) is 24.0 Å². The average Bonchev–Trinajstić information content (AvgIpc) is 2.35. The first kappa shape index (κ1) is 12.4. The summed E-state index contributed by atoms with van der Waals surface area (Å²) < 4.78 is 18.7. The molecule has 2 rings (SSSR count). The van der Waals surface area contributed by atoms with Gasteiger partial charge in [-0.1, -0.05) is 6.07 Å². The van der Waals surface area contributed by atoms with Gasteiger partial charge in [0.2, 0.25) is 0 Å². The molecule has 1 aromatic carbocycles. The van der Waals surface area contributed by atoms with Crippen LogP contribution in [-0.2, 0) is 6.42 Å². The molecule has 0 amide bonds. The summed E-state index contributed by atoms with van der Waals surface area (Å²) in [4.78, 5) is 0. The van der Waals surface area contributed by atoms with Crippen LogP contribution in [0, 0.1) is 18.7 Å². The van der Waals surface area contributed by atoms with E-state index < -0.39 is 0 Å². The fraction of sp³-hybridized carbons (Fsp3) is 0.571. The number of aryl methyl sites for hydroxylation is 1. The number of hydrogen-bond donors (Lipinski definition) is 1. The first-order valence-electron chi connectivity index (χ1n) is 6.24. The predicted molar refractivity (Wildman–Crippen MR) is 67.0 cm³/mol. The van der Waals surface area contributed by atoms with Gasteiger partial charge in [0, 0.05) is 0 Å². The Morgan fingerprint density at radius 1 is 1.47 bits per heavy atom. The molecule has 1 aromatic rings. The van der Waals surface area contributed by atoms with Gasteiger partial charge in [0.1, 0.15) is 0 Å². The van der Waals surface area contributed by atoms with Crippen LogP contribution < -0.4 is 10.1 Å². The van der Waals surface area contributed by atoms with Crippen molar-refractivity contribution in [2.24, 2.45) is 5.92 Å². The van der Waals surface area contributed by atoms with E-state index in [1.165, 1.54) is 25.5 Å². The molecule has 1 N–H and O–H groups in total. The fourth-order valence-corrected chi connectivity index (χ4v) is 2.51. The third-order valence-electron chi connectivity index (χ3n) is 3.42. The summed E-state index contributed by atoms with van der Waals surface area (Å²) in [7, 11) is 1.52. The van der Waals surface area contributed by atoms with E-state index in [9.17, 15) is 4.39 Å². The Bertz CT molecular complexity index is 386. The molecule has 0 aromatic heterocycles. The second kappa shape index (κ2) is 5.50. The topological polar surface area (TPSA) is 21.3 Å². The first-order valence-corrected chi connectivity index (χ1v) is 6.24. The number of methoxy groups -OCH3 is 1. The number of hydrogen-bond acceptors (Lipinski definition) is 2. The van der Waals surface area contributed by atoms with E-state index in [0.29, 0.717) is 17.2 Å². The molecule has 1 heterocycles. The summed E-state index contributed by atoms with van der Waals surface area (Å²) in [6.45, 7) is 3.99. The minimum Gasteiger partial charge on any atom is -0.494 e. The number of rotatable bonds is 3. The van der Waals surface area contributed by atoms with Gasteiger partial charge in [0.05, 0.1) is 7.11 Å². The lowest BCUT2D eigenvalue weighted by atomic mass is 9.91. The Balaban J connectivity index is 2.12. The van der Waals surface area contributed by atoms with E-state index in [1.54, 1.807) is 6.92 Å². The van der Waals surface area contributed by atoms with Crippen molar-refractivity contribution in [2.45, 2.75) is 26.2 Å². The molecule has 1 aliphatic rings. The molecule has 94 valence electrons. The zero-order valence-electron chi connectivity index (χ0n) is 10.6. The number of nitrogens with one attached hydrogen (secondary N) is 1. The Kier molecular flexibility index (Phi) is 4.00. The molecule has 0 radical (unpaired) electrons. The van der Waals surface area contributed by atoms with Crippen LogP contribution in [0.4, 0.5) is 4.39 Å². The minimum absolute atomic E-state index is 0.238. The van der Waals surface area contributed by atoms with Gasteiger partial charge in [-0.15, -0.1) is 0 Å². The van der Waals surface area contributed by atoms with Crippen LogP contribution in [0.5, 0.6) is 5.75 Å². The number of halogens is 1. The number of ether oxygens (including phenoxy) is 1. The van der Waals surface area contributed by atoms with Crippen molar-refractivity contribution in [3.63, 3.8) is 0 Å². The molecular weight excluding hydrogens is 217 g/mol. The van der Waals surface area contributed by atoms with Crippen molar-refractivity contribution < 1.29 is 9.13 Å². The van der Waals surface area contributed by atoms with Crippen LogP contribution in [0.2, 0.25) is 0 Å². The lowest BCUT2D eigenvalue weighted by Crippen LogP contribution is -2.30. The quantitative estimate of drug-likeness (QED) is 0.872. The van der Waals surface area contributed by atoms with Gasteiger partial charge in [-0.05, 0) is 62.4 Å². The van der Waals surface area contributed by atoms with Gasteiger partial charge >= 0.3 is 0 Å². The standard InChI is InChI=1S/C14H20FNO/c1-10-6-12(8-13(17-2)14(10)15)7-11-4-3-5-16-9-11/h6,8,11,16H,3-5,7,9H2,1-2H3. The molecule has 0 spiro atoms. The van der Waals surface area contributed by atoms with E-state index in [0.717, 1.165) is 19.5 Å². The van der Waals surface area contributed by atoms with Crippen LogP contribution in [-0.4, -0.2) is 20.2 Å². The van der Waals surface area contributed by atoms with Gasteiger partial charge in [-0.25, -0.2) is 4.39 Å². The highest BCUT2D eigenvalue weighted by Crippen LogP contribution is 2.25. The van der Waals surface area contributed by atoms with E-state index in [1.807, 2.05) is 12.1 Å². The molecule has 1 fully saturated rings. The van der Waals surface area contributed by atoms with Crippen molar-refractivity contribution in [1.82, 2.24) is 5.32 Å². The summed E-state index contributed by atoms with van der Waals surface area (Å²) in [5, 5.41) is 3.40. The highest BCUT2D eigenvalue weighted by atomic mass is 19.1. The maximum absolute atomic E-state index is 13.6. The van der Waals surface area contributed by atoms with Crippen LogP contribution in [0.3, 0.4) is 0 Å². The molecule has 0 saturated carbocycles. The third-order valence-corrected chi connectivity index (χ3v) is 3.42. The summed E-state index contributed by atoms with van der Waals surface area (Å²) in [5.41, 5.74) is 1.84. The Labute approximate surface area is 102 Å². The van der Waals surface area contributed by atoms with Crippen molar-refractivity contribution in [2.75, 3.05) is 20.2 Å². The average molecular weight is 237 g/mol. The number of piperidine rings is 1. The lowest BCUT2D eigenvalue weighted by molar-refractivity contribution is 0.370. The normalized spacial score (nSPS) is 20.3. The Morgan fingerprint density at radius 2 is 2.29 bits per heavy atom. The van der Waals surface area contributed by atoms with Gasteiger partial charge in [-0.2, -0.15) is 0 Å². The zero-order chi connectivity index (χ0) is 12.3. The molecular formula is C14H20FNO. The zero-order valence-corrected chi connectivity index (χ0v) is 10.6. The van der Waals surface area contributed by atoms with E-state index in [2.05, 4.69) is 5.32 Å². The summed E-state index contributed by atoms with van der Waals surface area (Å²) in [6.07, 6.45) is 3.50. The number of benzene rings is 1. The molecule has 1 unspecified atom stereocenters. The molecule has 3 heteroatoms. The monoisotopic (exact) mass is 237 g/mol. The van der Waals surface area contributed by atoms with Crippen LogP contribution >= 0.6 is 0 Å². The summed E-state index contributed by atoms with van der Waals surface area (Å²) in [5.74, 6) is 0.792. The van der Waals surface area contributed by atoms with Crippen molar-refractivity contribution in [3.8, 4) is 5.75 Å². The molecule has 1 atom stereocenters. The third kappa shape index (κ3) is 2.97. The molecule has 2 nitrogen and oxygen atoms in total. The maximum Gasteiger partial charge on any atom is 0.167 e. The Hall–Kier alpha value is -1.09. The SMILES string of the molecule is COc1cc(CC2CCCNC2)cc(C)c1F. The van der Waals surface area contributed by atoms with Gasteiger partial charge in [0.15, 0.2) is 11.6 Å². The molecule has 1 saturated heterocycles. The molecule has 17 heavy (non-hydrogen) atoms. The highest BCUT2D eigenvalue weighted by Gasteiger charge is 2.15. The molecule has 1 aliphatic heterocycles. The van der Waals surface area contributed by atoms with Crippen molar-refractivity contribution in [3.05, 3.63) is 29.1 Å². The van der Waals surface area contributed by atoms with Crippen LogP contribution in [0.25, 0.3) is 0 Å². The molecule has 0 bridgehead atoms. The minimum atomic E-state index is -0.238. The summed E-state index contributed by atoms with van der Waals surface area (Å²) >= 11 is 0. The van der Waals surface area contributed by atoms with E-state index in [4.69, 9.17) is 4.74 Å². The van der Waals surface area contributed by atoms with E-state index >= 15 is 0 Å². The Morgan fingerprint density at radius 3 is 2.94 bits per heavy atom. The first-order chi connectivity index (χ1) is 8.20. The predicted octanol–water partition coefficient (Wildman–Crippen LogP) is 2.68. The second-order valence-corrected chi connectivity index (χ2v) is 4.85. The maximum atomic E-state index is 13.6. The largest absolute Gasteiger partial charge is 0.494 e.